The van der Waals surface area contributed by atoms with Crippen LogP contribution in [0.4, 0.5) is 0 Å². The van der Waals surface area contributed by atoms with E-state index in [0.29, 0.717) is 18.8 Å². The van der Waals surface area contributed by atoms with Gasteiger partial charge in [0, 0.05) is 23.8 Å². The standard InChI is InChI=1S/C14H17N3O2S/c1-3-19-13(18)14(2,12-10-15-6-7-16-12)17-9-11-5-4-8-20-11/h4-8,10,17H,3,9H2,1-2H3. The first-order valence-electron chi connectivity index (χ1n) is 6.38. The van der Waals surface area contributed by atoms with Gasteiger partial charge >= 0.3 is 5.97 Å². The van der Waals surface area contributed by atoms with E-state index >= 15 is 0 Å². The van der Waals surface area contributed by atoms with Gasteiger partial charge in [-0.05, 0) is 25.3 Å². The normalized spacial score (nSPS) is 13.7. The van der Waals surface area contributed by atoms with Gasteiger partial charge in [-0.15, -0.1) is 11.3 Å². The fourth-order valence-electron chi connectivity index (χ4n) is 1.78. The minimum Gasteiger partial charge on any atom is -0.464 e. The largest absolute Gasteiger partial charge is 0.464 e. The Bertz CT molecular complexity index is 545. The summed E-state index contributed by atoms with van der Waals surface area (Å²) in [7, 11) is 0. The van der Waals surface area contributed by atoms with E-state index in [1.165, 1.54) is 0 Å². The van der Waals surface area contributed by atoms with Crippen LogP contribution in [0.15, 0.2) is 36.1 Å². The summed E-state index contributed by atoms with van der Waals surface area (Å²) in [6, 6.07) is 3.99. The van der Waals surface area contributed by atoms with Gasteiger partial charge in [-0.1, -0.05) is 6.07 Å². The molecule has 0 bridgehead atoms. The molecule has 0 aliphatic rings. The van der Waals surface area contributed by atoms with Crippen LogP contribution in [0, 0.1) is 0 Å². The highest BCUT2D eigenvalue weighted by atomic mass is 32.1. The second-order valence-electron chi connectivity index (χ2n) is 4.37. The van der Waals surface area contributed by atoms with Gasteiger partial charge in [-0.2, -0.15) is 0 Å². The van der Waals surface area contributed by atoms with Gasteiger partial charge in [-0.25, -0.2) is 4.79 Å². The van der Waals surface area contributed by atoms with E-state index in [-0.39, 0.29) is 5.97 Å². The van der Waals surface area contributed by atoms with Crippen molar-refractivity contribution in [1.82, 2.24) is 15.3 Å². The zero-order valence-corrected chi connectivity index (χ0v) is 12.3. The average Bonchev–Trinajstić information content (AvgIpc) is 2.99. The highest BCUT2D eigenvalue weighted by Gasteiger charge is 2.38. The first-order chi connectivity index (χ1) is 9.66. The maximum atomic E-state index is 12.3. The van der Waals surface area contributed by atoms with Gasteiger partial charge in [0.05, 0.1) is 18.5 Å². The smallest absolute Gasteiger partial charge is 0.332 e. The molecular formula is C14H17N3O2S. The number of rotatable bonds is 6. The minimum atomic E-state index is -1.01. The van der Waals surface area contributed by atoms with Crippen LogP contribution in [0.2, 0.25) is 0 Å². The second-order valence-corrected chi connectivity index (χ2v) is 5.40. The molecule has 106 valence electrons. The van der Waals surface area contributed by atoms with Crippen LogP contribution in [-0.4, -0.2) is 22.5 Å². The van der Waals surface area contributed by atoms with Crippen LogP contribution in [-0.2, 0) is 21.6 Å². The number of aromatic nitrogens is 2. The summed E-state index contributed by atoms with van der Waals surface area (Å²) in [6.45, 7) is 4.45. The summed E-state index contributed by atoms with van der Waals surface area (Å²) in [5.74, 6) is -0.350. The molecule has 0 aliphatic carbocycles. The van der Waals surface area contributed by atoms with Crippen molar-refractivity contribution in [2.75, 3.05) is 6.61 Å². The number of ether oxygens (including phenoxy) is 1. The van der Waals surface area contributed by atoms with Gasteiger partial charge < -0.3 is 4.74 Å². The lowest BCUT2D eigenvalue weighted by atomic mass is 9.98. The molecule has 0 saturated carbocycles. The number of nitrogens with one attached hydrogen (secondary N) is 1. The Morgan fingerprint density at radius 3 is 2.95 bits per heavy atom. The summed E-state index contributed by atoms with van der Waals surface area (Å²) in [5.41, 5.74) is -0.455. The number of hydrogen-bond donors (Lipinski definition) is 1. The molecule has 1 N–H and O–H groups in total. The summed E-state index contributed by atoms with van der Waals surface area (Å²) < 4.78 is 5.17. The summed E-state index contributed by atoms with van der Waals surface area (Å²) in [4.78, 5) is 21.7. The Morgan fingerprint density at radius 2 is 2.35 bits per heavy atom. The number of thiophene rings is 1. The molecule has 0 aromatic carbocycles. The van der Waals surface area contributed by atoms with Gasteiger partial charge in [0.1, 0.15) is 0 Å². The Balaban J connectivity index is 2.22. The summed E-state index contributed by atoms with van der Waals surface area (Å²) in [6.07, 6.45) is 4.73. The molecule has 1 atom stereocenters. The Hall–Kier alpha value is -1.79. The fourth-order valence-corrected chi connectivity index (χ4v) is 2.42. The van der Waals surface area contributed by atoms with Crippen molar-refractivity contribution >= 4 is 17.3 Å². The predicted octanol–water partition coefficient (Wildman–Crippen LogP) is 2.11. The van der Waals surface area contributed by atoms with E-state index in [1.54, 1.807) is 43.8 Å². The van der Waals surface area contributed by atoms with E-state index in [9.17, 15) is 4.79 Å². The number of nitrogens with zero attached hydrogens (tertiary/aromatic N) is 2. The fraction of sp³-hybridized carbons (Fsp3) is 0.357. The van der Waals surface area contributed by atoms with Crippen LogP contribution in [0.25, 0.3) is 0 Å². The van der Waals surface area contributed by atoms with E-state index in [0.717, 1.165) is 4.88 Å². The first kappa shape index (κ1) is 14.6. The molecule has 0 spiro atoms. The van der Waals surface area contributed by atoms with Crippen molar-refractivity contribution in [3.8, 4) is 0 Å². The van der Waals surface area contributed by atoms with E-state index < -0.39 is 5.54 Å². The first-order valence-corrected chi connectivity index (χ1v) is 7.26. The molecule has 0 amide bonds. The summed E-state index contributed by atoms with van der Waals surface area (Å²) in [5, 5.41) is 5.23. The van der Waals surface area contributed by atoms with Crippen molar-refractivity contribution in [2.24, 2.45) is 0 Å². The van der Waals surface area contributed by atoms with Crippen molar-refractivity contribution < 1.29 is 9.53 Å². The highest BCUT2D eigenvalue weighted by Crippen LogP contribution is 2.21. The molecule has 6 heteroatoms. The van der Waals surface area contributed by atoms with Crippen LogP contribution in [0.1, 0.15) is 24.4 Å². The molecule has 5 nitrogen and oxygen atoms in total. The van der Waals surface area contributed by atoms with E-state index in [4.69, 9.17) is 4.74 Å². The Labute approximate surface area is 122 Å². The average molecular weight is 291 g/mol. The molecule has 1 unspecified atom stereocenters. The molecule has 0 aliphatic heterocycles. The van der Waals surface area contributed by atoms with Gasteiger partial charge in [0.2, 0.25) is 0 Å². The molecule has 2 rings (SSSR count). The monoisotopic (exact) mass is 291 g/mol. The Kier molecular flexibility index (Phi) is 4.81. The van der Waals surface area contributed by atoms with E-state index in [2.05, 4.69) is 15.3 Å². The van der Waals surface area contributed by atoms with Crippen LogP contribution >= 0.6 is 11.3 Å². The quantitative estimate of drug-likeness (QED) is 0.826. The molecule has 0 fully saturated rings. The topological polar surface area (TPSA) is 64.1 Å². The van der Waals surface area contributed by atoms with Crippen LogP contribution in [0.5, 0.6) is 0 Å². The minimum absolute atomic E-state index is 0.329. The molecule has 0 radical (unpaired) electrons. The third-order valence-electron chi connectivity index (χ3n) is 2.96. The van der Waals surface area contributed by atoms with Crippen LogP contribution < -0.4 is 5.32 Å². The summed E-state index contributed by atoms with van der Waals surface area (Å²) >= 11 is 1.63. The maximum Gasteiger partial charge on any atom is 0.332 e. The third kappa shape index (κ3) is 3.20. The van der Waals surface area contributed by atoms with Crippen molar-refractivity contribution in [2.45, 2.75) is 25.9 Å². The molecule has 20 heavy (non-hydrogen) atoms. The van der Waals surface area contributed by atoms with Gasteiger partial charge in [0.25, 0.3) is 0 Å². The molecule has 2 aromatic rings. The number of carbonyl (C=O) groups is 1. The lowest BCUT2D eigenvalue weighted by Crippen LogP contribution is -2.48. The molecular weight excluding hydrogens is 274 g/mol. The third-order valence-corrected chi connectivity index (χ3v) is 3.83. The van der Waals surface area contributed by atoms with Crippen molar-refractivity contribution in [3.05, 3.63) is 46.7 Å². The predicted molar refractivity (Wildman–Crippen MR) is 77.2 cm³/mol. The zero-order valence-electron chi connectivity index (χ0n) is 11.5. The molecule has 2 heterocycles. The second kappa shape index (κ2) is 6.58. The zero-order chi connectivity index (χ0) is 14.4. The lowest BCUT2D eigenvalue weighted by Gasteiger charge is -2.27. The Morgan fingerprint density at radius 1 is 1.50 bits per heavy atom. The maximum absolute atomic E-state index is 12.3. The van der Waals surface area contributed by atoms with E-state index in [1.807, 2.05) is 17.5 Å². The number of hydrogen-bond acceptors (Lipinski definition) is 6. The van der Waals surface area contributed by atoms with Crippen molar-refractivity contribution in [1.29, 1.82) is 0 Å². The highest BCUT2D eigenvalue weighted by molar-refractivity contribution is 7.09. The molecule has 2 aromatic heterocycles. The number of carbonyl (C=O) groups excluding carboxylic acids is 1. The van der Waals surface area contributed by atoms with Crippen LogP contribution in [0.3, 0.4) is 0 Å². The van der Waals surface area contributed by atoms with Gasteiger partial charge in [0.15, 0.2) is 5.54 Å². The van der Waals surface area contributed by atoms with Gasteiger partial charge in [-0.3, -0.25) is 15.3 Å². The lowest BCUT2D eigenvalue weighted by molar-refractivity contribution is -0.151. The SMILES string of the molecule is CCOC(=O)C(C)(NCc1cccs1)c1cnccn1. The molecule has 0 saturated heterocycles. The number of esters is 1. The van der Waals surface area contributed by atoms with Crippen molar-refractivity contribution in [3.63, 3.8) is 0 Å².